The third-order valence-corrected chi connectivity index (χ3v) is 4.83. The van der Waals surface area contributed by atoms with Crippen LogP contribution in [0.1, 0.15) is 37.7 Å². The maximum Gasteiger partial charge on any atom is 0.216 e. The first kappa shape index (κ1) is 14.3. The molecule has 1 aromatic rings. The molecule has 0 amide bonds. The van der Waals surface area contributed by atoms with Crippen LogP contribution in [0.15, 0.2) is 24.3 Å². The Kier molecular flexibility index (Phi) is 4.79. The third kappa shape index (κ3) is 4.49. The van der Waals surface area contributed by atoms with Crippen molar-refractivity contribution in [1.82, 2.24) is 4.72 Å². The smallest absolute Gasteiger partial charge is 0.216 e. The molecule has 19 heavy (non-hydrogen) atoms. The highest BCUT2D eigenvalue weighted by Crippen LogP contribution is 2.19. The Morgan fingerprint density at radius 2 is 1.74 bits per heavy atom. The molecular weight excluding hydrogens is 262 g/mol. The molecule has 0 radical (unpaired) electrons. The summed E-state index contributed by atoms with van der Waals surface area (Å²) in [7, 11) is -3.26. The van der Waals surface area contributed by atoms with E-state index in [4.69, 9.17) is 5.84 Å². The third-order valence-electron chi connectivity index (χ3n) is 3.43. The van der Waals surface area contributed by atoms with Crippen molar-refractivity contribution >= 4 is 15.7 Å². The van der Waals surface area contributed by atoms with Gasteiger partial charge in [0.05, 0.1) is 5.75 Å². The number of rotatable bonds is 5. The van der Waals surface area contributed by atoms with Gasteiger partial charge in [-0.15, -0.1) is 0 Å². The van der Waals surface area contributed by atoms with Crippen LogP contribution in [0.4, 0.5) is 5.69 Å². The Morgan fingerprint density at radius 1 is 1.11 bits per heavy atom. The lowest BCUT2D eigenvalue weighted by Gasteiger charge is -2.22. The zero-order valence-corrected chi connectivity index (χ0v) is 11.7. The van der Waals surface area contributed by atoms with E-state index in [1.54, 1.807) is 24.3 Å². The molecule has 0 heterocycles. The number of hydrogen-bond donors (Lipinski definition) is 3. The second kappa shape index (κ2) is 6.36. The number of sulfonamides is 1. The molecule has 106 valence electrons. The normalized spacial score (nSPS) is 17.3. The average Bonchev–Trinajstić information content (AvgIpc) is 2.39. The van der Waals surface area contributed by atoms with Crippen molar-refractivity contribution in [3.63, 3.8) is 0 Å². The van der Waals surface area contributed by atoms with E-state index in [1.165, 1.54) is 6.42 Å². The second-order valence-electron chi connectivity index (χ2n) is 5.05. The molecule has 1 fully saturated rings. The molecule has 0 aromatic heterocycles. The summed E-state index contributed by atoms with van der Waals surface area (Å²) in [6.45, 7) is 0. The maximum absolute atomic E-state index is 12.1. The zero-order valence-electron chi connectivity index (χ0n) is 10.9. The van der Waals surface area contributed by atoms with Crippen molar-refractivity contribution in [2.24, 2.45) is 5.84 Å². The van der Waals surface area contributed by atoms with E-state index in [0.717, 1.165) is 36.9 Å². The Hall–Kier alpha value is -1.11. The van der Waals surface area contributed by atoms with Crippen molar-refractivity contribution in [2.45, 2.75) is 43.9 Å². The molecule has 4 N–H and O–H groups in total. The fraction of sp³-hybridized carbons (Fsp3) is 0.538. The summed E-state index contributed by atoms with van der Waals surface area (Å²) in [6, 6.07) is 7.20. The van der Waals surface area contributed by atoms with Gasteiger partial charge in [-0.1, -0.05) is 31.4 Å². The van der Waals surface area contributed by atoms with Crippen LogP contribution in [0, 0.1) is 0 Å². The van der Waals surface area contributed by atoms with Gasteiger partial charge in [0.2, 0.25) is 10.0 Å². The first-order chi connectivity index (χ1) is 9.09. The molecule has 6 heteroatoms. The van der Waals surface area contributed by atoms with Crippen molar-refractivity contribution < 1.29 is 8.42 Å². The lowest BCUT2D eigenvalue weighted by molar-refractivity contribution is 0.412. The van der Waals surface area contributed by atoms with E-state index in [1.807, 2.05) is 0 Å². The number of anilines is 1. The van der Waals surface area contributed by atoms with E-state index >= 15 is 0 Å². The molecule has 0 spiro atoms. The van der Waals surface area contributed by atoms with E-state index < -0.39 is 10.0 Å². The summed E-state index contributed by atoms with van der Waals surface area (Å²) >= 11 is 0. The molecule has 1 aliphatic rings. The number of hydrogen-bond acceptors (Lipinski definition) is 4. The standard InChI is InChI=1S/C13H21N3O2S/c14-15-12-8-6-11(7-9-12)10-19(17,18)16-13-4-2-1-3-5-13/h6-9,13,15-16H,1-5,10,14H2. The Labute approximate surface area is 114 Å². The topological polar surface area (TPSA) is 84.2 Å². The van der Waals surface area contributed by atoms with E-state index in [-0.39, 0.29) is 11.8 Å². The van der Waals surface area contributed by atoms with Gasteiger partial charge in [0.15, 0.2) is 0 Å². The minimum Gasteiger partial charge on any atom is -0.324 e. The molecule has 0 unspecified atom stereocenters. The van der Waals surface area contributed by atoms with Crippen LogP contribution in [-0.4, -0.2) is 14.5 Å². The molecule has 0 aliphatic heterocycles. The molecule has 0 bridgehead atoms. The van der Waals surface area contributed by atoms with Gasteiger partial charge in [-0.05, 0) is 30.5 Å². The van der Waals surface area contributed by atoms with Crippen LogP contribution in [0.2, 0.25) is 0 Å². The minimum absolute atomic E-state index is 0.0222. The number of benzene rings is 1. The molecule has 0 atom stereocenters. The summed E-state index contributed by atoms with van der Waals surface area (Å²) in [4.78, 5) is 0. The fourth-order valence-electron chi connectivity index (χ4n) is 2.43. The molecule has 1 aliphatic carbocycles. The van der Waals surface area contributed by atoms with E-state index in [9.17, 15) is 8.42 Å². The zero-order chi connectivity index (χ0) is 13.7. The largest absolute Gasteiger partial charge is 0.324 e. The van der Waals surface area contributed by atoms with Crippen molar-refractivity contribution in [3.05, 3.63) is 29.8 Å². The molecular formula is C13H21N3O2S. The number of nitrogen functional groups attached to an aromatic ring is 1. The highest BCUT2D eigenvalue weighted by molar-refractivity contribution is 7.88. The fourth-order valence-corrected chi connectivity index (χ4v) is 3.89. The monoisotopic (exact) mass is 283 g/mol. The van der Waals surface area contributed by atoms with Crippen LogP contribution in [-0.2, 0) is 15.8 Å². The first-order valence-corrected chi connectivity index (χ1v) is 8.30. The molecule has 0 saturated heterocycles. The predicted molar refractivity (Wildman–Crippen MR) is 76.9 cm³/mol. The van der Waals surface area contributed by atoms with Gasteiger partial charge < -0.3 is 5.43 Å². The number of nitrogens with one attached hydrogen (secondary N) is 2. The van der Waals surface area contributed by atoms with Gasteiger partial charge in [-0.2, -0.15) is 0 Å². The van der Waals surface area contributed by atoms with Crippen LogP contribution >= 0.6 is 0 Å². The Balaban J connectivity index is 1.95. The summed E-state index contributed by atoms with van der Waals surface area (Å²) in [5.74, 6) is 5.29. The van der Waals surface area contributed by atoms with Gasteiger partial charge in [0, 0.05) is 11.7 Å². The summed E-state index contributed by atoms with van der Waals surface area (Å²) in [6.07, 6.45) is 5.35. The van der Waals surface area contributed by atoms with Gasteiger partial charge in [0.1, 0.15) is 0 Å². The predicted octanol–water partition coefficient (Wildman–Crippen LogP) is 1.72. The molecule has 2 rings (SSSR count). The quantitative estimate of drug-likeness (QED) is 0.567. The molecule has 1 saturated carbocycles. The molecule has 1 aromatic carbocycles. The highest BCUT2D eigenvalue weighted by atomic mass is 32.2. The number of nitrogens with two attached hydrogens (primary N) is 1. The van der Waals surface area contributed by atoms with Gasteiger partial charge in [-0.3, -0.25) is 5.84 Å². The van der Waals surface area contributed by atoms with Crippen LogP contribution < -0.4 is 16.0 Å². The summed E-state index contributed by atoms with van der Waals surface area (Å²) in [5.41, 5.74) is 4.05. The SMILES string of the molecule is NNc1ccc(CS(=O)(=O)NC2CCCCC2)cc1. The van der Waals surface area contributed by atoms with E-state index in [2.05, 4.69) is 10.1 Å². The van der Waals surface area contributed by atoms with Crippen LogP contribution in [0.25, 0.3) is 0 Å². The van der Waals surface area contributed by atoms with Crippen molar-refractivity contribution in [3.8, 4) is 0 Å². The Bertz CT molecular complexity index is 493. The maximum atomic E-state index is 12.1. The second-order valence-corrected chi connectivity index (χ2v) is 6.81. The lowest BCUT2D eigenvalue weighted by Crippen LogP contribution is -2.36. The average molecular weight is 283 g/mol. The molecule has 5 nitrogen and oxygen atoms in total. The minimum atomic E-state index is -3.26. The Morgan fingerprint density at radius 3 is 2.32 bits per heavy atom. The summed E-state index contributed by atoms with van der Waals surface area (Å²) < 4.78 is 26.9. The first-order valence-electron chi connectivity index (χ1n) is 6.64. The van der Waals surface area contributed by atoms with E-state index in [0.29, 0.717) is 0 Å². The van der Waals surface area contributed by atoms with Gasteiger partial charge in [0.25, 0.3) is 0 Å². The van der Waals surface area contributed by atoms with Gasteiger partial charge in [-0.25, -0.2) is 13.1 Å². The van der Waals surface area contributed by atoms with Gasteiger partial charge >= 0.3 is 0 Å². The van der Waals surface area contributed by atoms with Crippen molar-refractivity contribution in [1.29, 1.82) is 0 Å². The lowest BCUT2D eigenvalue weighted by atomic mass is 9.96. The van der Waals surface area contributed by atoms with Crippen LogP contribution in [0.5, 0.6) is 0 Å². The van der Waals surface area contributed by atoms with Crippen LogP contribution in [0.3, 0.4) is 0 Å². The summed E-state index contributed by atoms with van der Waals surface area (Å²) in [5, 5.41) is 0. The number of hydrazine groups is 1. The highest BCUT2D eigenvalue weighted by Gasteiger charge is 2.20. The van der Waals surface area contributed by atoms with Crippen molar-refractivity contribution in [2.75, 3.05) is 5.43 Å².